The fourth-order valence-corrected chi connectivity index (χ4v) is 2.98. The zero-order chi connectivity index (χ0) is 19.3. The topological polar surface area (TPSA) is 64.6 Å². The number of carbonyl (C=O) groups excluding carboxylic acids is 2. The van der Waals surface area contributed by atoms with Gasteiger partial charge in [-0.2, -0.15) is 0 Å². The molecule has 0 atom stereocenters. The van der Waals surface area contributed by atoms with Crippen LogP contribution in [0.2, 0.25) is 0 Å². The van der Waals surface area contributed by atoms with Crippen molar-refractivity contribution in [2.75, 3.05) is 6.54 Å². The minimum absolute atomic E-state index is 0.117. The minimum Gasteiger partial charge on any atom is -0.318 e. The third kappa shape index (κ3) is 4.84. The Balaban J connectivity index is 1.55. The standard InChI is InChI=1S/C21H22FNO4/c1-2-3-19(24)26-27-20(25)23-14-21(12-13-21)17-8-4-15(5-9-17)16-6-10-18(22)11-7-16/h4-11H,2-3,12-14H2,1H3,(H,23,25). The lowest BCUT2D eigenvalue weighted by Gasteiger charge is -2.16. The predicted octanol–water partition coefficient (Wildman–Crippen LogP) is 4.51. The van der Waals surface area contributed by atoms with Crippen LogP contribution in [0.4, 0.5) is 9.18 Å². The van der Waals surface area contributed by atoms with E-state index in [0.29, 0.717) is 13.0 Å². The zero-order valence-electron chi connectivity index (χ0n) is 15.2. The molecule has 0 heterocycles. The van der Waals surface area contributed by atoms with Crippen molar-refractivity contribution in [3.63, 3.8) is 0 Å². The van der Waals surface area contributed by atoms with Crippen molar-refractivity contribution >= 4 is 12.1 Å². The lowest BCUT2D eigenvalue weighted by molar-refractivity contribution is -0.232. The summed E-state index contributed by atoms with van der Waals surface area (Å²) >= 11 is 0. The van der Waals surface area contributed by atoms with E-state index in [-0.39, 0.29) is 17.7 Å². The van der Waals surface area contributed by atoms with Gasteiger partial charge in [-0.25, -0.2) is 23.8 Å². The van der Waals surface area contributed by atoms with Crippen LogP contribution in [-0.2, 0) is 20.0 Å². The van der Waals surface area contributed by atoms with E-state index in [1.165, 1.54) is 12.1 Å². The molecule has 0 radical (unpaired) electrons. The lowest BCUT2D eigenvalue weighted by Crippen LogP contribution is -2.33. The molecule has 0 aliphatic heterocycles. The molecule has 2 aromatic carbocycles. The first-order chi connectivity index (χ1) is 13.0. The molecule has 0 saturated heterocycles. The third-order valence-electron chi connectivity index (χ3n) is 4.76. The van der Waals surface area contributed by atoms with Crippen molar-refractivity contribution in [2.24, 2.45) is 0 Å². The van der Waals surface area contributed by atoms with Crippen LogP contribution >= 0.6 is 0 Å². The molecule has 1 fully saturated rings. The normalized spacial score (nSPS) is 14.3. The second kappa shape index (κ2) is 8.20. The average Bonchev–Trinajstić information content (AvgIpc) is 3.47. The summed E-state index contributed by atoms with van der Waals surface area (Å²) in [4.78, 5) is 31.8. The molecular formula is C21H22FNO4. The zero-order valence-corrected chi connectivity index (χ0v) is 15.2. The summed E-state index contributed by atoms with van der Waals surface area (Å²) < 4.78 is 13.0. The first kappa shape index (κ1) is 18.9. The van der Waals surface area contributed by atoms with Gasteiger partial charge in [0.2, 0.25) is 0 Å². The summed E-state index contributed by atoms with van der Waals surface area (Å²) in [7, 11) is 0. The number of benzene rings is 2. The maximum absolute atomic E-state index is 13.0. The van der Waals surface area contributed by atoms with Crippen molar-refractivity contribution in [3.8, 4) is 11.1 Å². The molecule has 142 valence electrons. The number of amides is 1. The number of rotatable bonds is 6. The van der Waals surface area contributed by atoms with Crippen LogP contribution in [0.5, 0.6) is 0 Å². The highest BCUT2D eigenvalue weighted by molar-refractivity contribution is 5.72. The molecule has 1 N–H and O–H groups in total. The second-order valence-corrected chi connectivity index (χ2v) is 6.79. The van der Waals surface area contributed by atoms with Crippen LogP contribution in [-0.4, -0.2) is 18.6 Å². The molecule has 3 rings (SSSR count). The fraction of sp³-hybridized carbons (Fsp3) is 0.333. The molecule has 27 heavy (non-hydrogen) atoms. The van der Waals surface area contributed by atoms with Gasteiger partial charge in [0, 0.05) is 18.4 Å². The van der Waals surface area contributed by atoms with E-state index in [1.54, 1.807) is 12.1 Å². The predicted molar refractivity (Wildman–Crippen MR) is 98.2 cm³/mol. The first-order valence-corrected chi connectivity index (χ1v) is 9.04. The Morgan fingerprint density at radius 1 is 1.00 bits per heavy atom. The minimum atomic E-state index is -0.770. The molecule has 0 aromatic heterocycles. The number of halogens is 1. The van der Waals surface area contributed by atoms with Crippen LogP contribution in [0.3, 0.4) is 0 Å². The third-order valence-corrected chi connectivity index (χ3v) is 4.76. The highest BCUT2D eigenvalue weighted by atomic mass is 19.1. The molecule has 5 nitrogen and oxygen atoms in total. The van der Waals surface area contributed by atoms with Gasteiger partial charge < -0.3 is 5.32 Å². The van der Waals surface area contributed by atoms with Gasteiger partial charge in [-0.05, 0) is 48.1 Å². The van der Waals surface area contributed by atoms with E-state index < -0.39 is 12.1 Å². The van der Waals surface area contributed by atoms with E-state index in [4.69, 9.17) is 0 Å². The van der Waals surface area contributed by atoms with E-state index in [2.05, 4.69) is 15.1 Å². The Kier molecular flexibility index (Phi) is 5.74. The maximum Gasteiger partial charge on any atom is 0.450 e. The molecule has 2 aromatic rings. The van der Waals surface area contributed by atoms with Crippen LogP contribution in [0, 0.1) is 5.82 Å². The van der Waals surface area contributed by atoms with Gasteiger partial charge in [-0.3, -0.25) is 0 Å². The van der Waals surface area contributed by atoms with E-state index in [1.807, 2.05) is 31.2 Å². The van der Waals surface area contributed by atoms with Gasteiger partial charge in [0.05, 0.1) is 0 Å². The van der Waals surface area contributed by atoms with E-state index >= 15 is 0 Å². The van der Waals surface area contributed by atoms with Gasteiger partial charge in [0.25, 0.3) is 0 Å². The molecule has 0 bridgehead atoms. The maximum atomic E-state index is 13.0. The Bertz CT molecular complexity index is 798. The molecule has 1 saturated carbocycles. The van der Waals surface area contributed by atoms with Gasteiger partial charge >= 0.3 is 12.1 Å². The van der Waals surface area contributed by atoms with Crippen molar-refractivity contribution in [3.05, 3.63) is 59.9 Å². The SMILES string of the molecule is CCCC(=O)OOC(=O)NCC1(c2ccc(-c3ccc(F)cc3)cc2)CC1. The number of nitrogens with one attached hydrogen (secondary N) is 1. The van der Waals surface area contributed by atoms with Crippen LogP contribution in [0.1, 0.15) is 38.2 Å². The highest BCUT2D eigenvalue weighted by Gasteiger charge is 2.44. The Hall–Kier alpha value is -2.89. The molecular weight excluding hydrogens is 349 g/mol. The molecule has 0 spiro atoms. The number of hydrogen-bond donors (Lipinski definition) is 1. The van der Waals surface area contributed by atoms with Crippen LogP contribution in [0.15, 0.2) is 48.5 Å². The summed E-state index contributed by atoms with van der Waals surface area (Å²) in [6, 6.07) is 14.4. The molecule has 1 aliphatic rings. The van der Waals surface area contributed by atoms with Gasteiger partial charge in [-0.15, -0.1) is 0 Å². The summed E-state index contributed by atoms with van der Waals surface area (Å²) in [5.41, 5.74) is 2.96. The summed E-state index contributed by atoms with van der Waals surface area (Å²) in [5, 5.41) is 2.65. The smallest absolute Gasteiger partial charge is 0.318 e. The molecule has 6 heteroatoms. The fourth-order valence-electron chi connectivity index (χ4n) is 2.98. The van der Waals surface area contributed by atoms with Crippen molar-refractivity contribution in [1.29, 1.82) is 0 Å². The van der Waals surface area contributed by atoms with Crippen LogP contribution in [0.25, 0.3) is 11.1 Å². The molecule has 1 amide bonds. The summed E-state index contributed by atoms with van der Waals surface area (Å²) in [6.45, 7) is 2.24. The number of carbonyl (C=O) groups is 2. The Morgan fingerprint density at radius 3 is 2.15 bits per heavy atom. The monoisotopic (exact) mass is 371 g/mol. The van der Waals surface area contributed by atoms with Gasteiger partial charge in [0.15, 0.2) is 0 Å². The van der Waals surface area contributed by atoms with Gasteiger partial charge in [0.1, 0.15) is 5.82 Å². The van der Waals surface area contributed by atoms with E-state index in [0.717, 1.165) is 29.5 Å². The van der Waals surface area contributed by atoms with Crippen molar-refractivity contribution < 1.29 is 23.8 Å². The lowest BCUT2D eigenvalue weighted by atomic mass is 9.93. The van der Waals surface area contributed by atoms with Crippen molar-refractivity contribution in [1.82, 2.24) is 5.32 Å². The van der Waals surface area contributed by atoms with Gasteiger partial charge in [-0.1, -0.05) is 43.3 Å². The average molecular weight is 371 g/mol. The number of hydrogen-bond acceptors (Lipinski definition) is 4. The first-order valence-electron chi connectivity index (χ1n) is 9.04. The summed E-state index contributed by atoms with van der Waals surface area (Å²) in [5.74, 6) is -0.823. The molecule has 1 aliphatic carbocycles. The van der Waals surface area contributed by atoms with Crippen LogP contribution < -0.4 is 5.32 Å². The molecule has 0 unspecified atom stereocenters. The largest absolute Gasteiger partial charge is 0.450 e. The highest BCUT2D eigenvalue weighted by Crippen LogP contribution is 2.47. The Morgan fingerprint density at radius 2 is 1.59 bits per heavy atom. The quantitative estimate of drug-likeness (QED) is 0.599. The van der Waals surface area contributed by atoms with E-state index in [9.17, 15) is 14.0 Å². The Labute approximate surface area is 157 Å². The summed E-state index contributed by atoms with van der Waals surface area (Å²) in [6.07, 6.45) is 1.98. The van der Waals surface area contributed by atoms with Crippen molar-refractivity contribution in [2.45, 2.75) is 38.0 Å². The second-order valence-electron chi connectivity index (χ2n) is 6.79.